The Bertz CT molecular complexity index is 333. The van der Waals surface area contributed by atoms with Crippen molar-refractivity contribution in [2.75, 3.05) is 12.0 Å². The number of hydrogen-bond acceptors (Lipinski definition) is 3. The smallest absolute Gasteiger partial charge is 0.115 e. The second kappa shape index (κ2) is 7.20. The molecule has 16 heavy (non-hydrogen) atoms. The zero-order valence-corrected chi connectivity index (χ0v) is 12.1. The maximum absolute atomic E-state index is 9.39. The van der Waals surface area contributed by atoms with Gasteiger partial charge in [-0.15, -0.1) is 0 Å². The minimum absolute atomic E-state index is 0.316. The lowest BCUT2D eigenvalue weighted by Crippen LogP contribution is -2.26. The van der Waals surface area contributed by atoms with Crippen LogP contribution in [0, 0.1) is 0 Å². The lowest BCUT2D eigenvalue weighted by atomic mass is 10.2. The van der Waals surface area contributed by atoms with Gasteiger partial charge < -0.3 is 10.4 Å². The fourth-order valence-electron chi connectivity index (χ4n) is 1.38. The topological polar surface area (TPSA) is 32.3 Å². The van der Waals surface area contributed by atoms with Crippen LogP contribution in [0.5, 0.6) is 5.75 Å². The lowest BCUT2D eigenvalue weighted by Gasteiger charge is -2.14. The molecule has 1 aromatic carbocycles. The van der Waals surface area contributed by atoms with E-state index in [1.165, 1.54) is 5.75 Å². The number of halogens is 1. The molecule has 0 fully saturated rings. The second-order valence-corrected chi connectivity index (χ2v) is 5.68. The van der Waals surface area contributed by atoms with Crippen LogP contribution in [-0.2, 0) is 6.54 Å². The molecule has 4 heteroatoms. The quantitative estimate of drug-likeness (QED) is 0.845. The summed E-state index contributed by atoms with van der Waals surface area (Å²) in [5.41, 5.74) is 1.09. The van der Waals surface area contributed by atoms with Crippen molar-refractivity contribution in [3.8, 4) is 5.75 Å². The summed E-state index contributed by atoms with van der Waals surface area (Å²) in [6.45, 7) is 2.97. The maximum Gasteiger partial charge on any atom is 0.115 e. The molecule has 0 aromatic heterocycles. The zero-order valence-electron chi connectivity index (χ0n) is 9.66. The first-order chi connectivity index (χ1) is 7.63. The molecule has 1 atom stereocenters. The van der Waals surface area contributed by atoms with Crippen LogP contribution in [0.1, 0.15) is 18.9 Å². The summed E-state index contributed by atoms with van der Waals surface area (Å²) in [4.78, 5) is 0. The summed E-state index contributed by atoms with van der Waals surface area (Å²) in [6.07, 6.45) is 3.29. The van der Waals surface area contributed by atoms with E-state index in [0.717, 1.165) is 23.0 Å². The zero-order chi connectivity index (χ0) is 12.0. The number of nitrogens with one attached hydrogen (secondary N) is 1. The number of hydrogen-bond donors (Lipinski definition) is 2. The van der Waals surface area contributed by atoms with Gasteiger partial charge in [-0.25, -0.2) is 0 Å². The predicted molar refractivity (Wildman–Crippen MR) is 75.1 cm³/mol. The number of phenolic OH excluding ortho intramolecular Hbond substituents is 1. The van der Waals surface area contributed by atoms with E-state index < -0.39 is 0 Å². The van der Waals surface area contributed by atoms with Crippen molar-refractivity contribution < 1.29 is 5.11 Å². The molecule has 1 aromatic rings. The van der Waals surface area contributed by atoms with E-state index in [1.54, 1.807) is 12.1 Å². The molecule has 1 rings (SSSR count). The largest absolute Gasteiger partial charge is 0.508 e. The summed E-state index contributed by atoms with van der Waals surface area (Å²) < 4.78 is 1.04. The first-order valence-electron chi connectivity index (χ1n) is 5.33. The minimum Gasteiger partial charge on any atom is -0.508 e. The molecule has 0 spiro atoms. The van der Waals surface area contributed by atoms with E-state index in [-0.39, 0.29) is 0 Å². The van der Waals surface area contributed by atoms with Crippen molar-refractivity contribution in [3.05, 3.63) is 28.2 Å². The van der Waals surface area contributed by atoms with Gasteiger partial charge in [0, 0.05) is 17.1 Å². The molecule has 2 nitrogen and oxygen atoms in total. The Kier molecular flexibility index (Phi) is 6.24. The van der Waals surface area contributed by atoms with E-state index >= 15 is 0 Å². The SMILES string of the molecule is CSCCC(C)NCc1cc(O)ccc1Br. The van der Waals surface area contributed by atoms with Crippen LogP contribution >= 0.6 is 27.7 Å². The summed E-state index contributed by atoms with van der Waals surface area (Å²) in [5.74, 6) is 1.49. The number of benzene rings is 1. The normalized spacial score (nSPS) is 12.7. The first-order valence-corrected chi connectivity index (χ1v) is 7.52. The van der Waals surface area contributed by atoms with Gasteiger partial charge >= 0.3 is 0 Å². The fraction of sp³-hybridized carbons (Fsp3) is 0.500. The van der Waals surface area contributed by atoms with E-state index in [1.807, 2.05) is 17.8 Å². The third-order valence-electron chi connectivity index (χ3n) is 2.43. The van der Waals surface area contributed by atoms with Crippen LogP contribution in [0.2, 0.25) is 0 Å². The first kappa shape index (κ1) is 13.9. The van der Waals surface area contributed by atoms with E-state index in [2.05, 4.69) is 34.4 Å². The average Bonchev–Trinajstić information content (AvgIpc) is 2.27. The minimum atomic E-state index is 0.316. The average molecular weight is 304 g/mol. The van der Waals surface area contributed by atoms with Crippen LogP contribution in [0.15, 0.2) is 22.7 Å². The Morgan fingerprint density at radius 3 is 2.94 bits per heavy atom. The van der Waals surface area contributed by atoms with Crippen molar-refractivity contribution >= 4 is 27.7 Å². The molecule has 1 unspecified atom stereocenters. The van der Waals surface area contributed by atoms with Crippen LogP contribution in [-0.4, -0.2) is 23.2 Å². The summed E-state index contributed by atoms with van der Waals surface area (Å²) >= 11 is 5.35. The van der Waals surface area contributed by atoms with Crippen LogP contribution in [0.3, 0.4) is 0 Å². The molecule has 0 aliphatic rings. The molecule has 2 N–H and O–H groups in total. The van der Waals surface area contributed by atoms with Crippen LogP contribution in [0.4, 0.5) is 0 Å². The van der Waals surface area contributed by atoms with Gasteiger partial charge in [0.1, 0.15) is 5.75 Å². The molecular formula is C12H18BrNOS. The molecule has 0 saturated carbocycles. The molecule has 0 amide bonds. The van der Waals surface area contributed by atoms with Gasteiger partial charge in [-0.3, -0.25) is 0 Å². The molecule has 0 heterocycles. The highest BCUT2D eigenvalue weighted by Crippen LogP contribution is 2.21. The van der Waals surface area contributed by atoms with Gasteiger partial charge in [0.05, 0.1) is 0 Å². The highest BCUT2D eigenvalue weighted by atomic mass is 79.9. The van der Waals surface area contributed by atoms with Crippen molar-refractivity contribution in [2.45, 2.75) is 25.9 Å². The van der Waals surface area contributed by atoms with Crippen molar-refractivity contribution in [1.82, 2.24) is 5.32 Å². The Labute approximate surface area is 110 Å². The van der Waals surface area contributed by atoms with E-state index in [0.29, 0.717) is 11.8 Å². The number of phenols is 1. The summed E-state index contributed by atoms with van der Waals surface area (Å²) in [5, 5.41) is 12.8. The van der Waals surface area contributed by atoms with E-state index in [9.17, 15) is 5.11 Å². The molecule has 0 aliphatic carbocycles. The molecule has 0 bridgehead atoms. The van der Waals surface area contributed by atoms with Crippen molar-refractivity contribution in [1.29, 1.82) is 0 Å². The Balaban J connectivity index is 2.44. The number of rotatable bonds is 6. The summed E-state index contributed by atoms with van der Waals surface area (Å²) in [6, 6.07) is 5.85. The van der Waals surface area contributed by atoms with Gasteiger partial charge in [-0.1, -0.05) is 15.9 Å². The second-order valence-electron chi connectivity index (χ2n) is 3.84. The fourth-order valence-corrected chi connectivity index (χ4v) is 2.35. The van der Waals surface area contributed by atoms with Gasteiger partial charge in [-0.2, -0.15) is 11.8 Å². The summed E-state index contributed by atoms with van der Waals surface area (Å²) in [7, 11) is 0. The molecular weight excluding hydrogens is 286 g/mol. The van der Waals surface area contributed by atoms with Gasteiger partial charge in [0.25, 0.3) is 0 Å². The lowest BCUT2D eigenvalue weighted by molar-refractivity contribution is 0.472. The number of aromatic hydroxyl groups is 1. The number of thioether (sulfide) groups is 1. The van der Waals surface area contributed by atoms with Crippen LogP contribution < -0.4 is 5.32 Å². The molecule has 0 radical (unpaired) electrons. The van der Waals surface area contributed by atoms with Gasteiger partial charge in [0.2, 0.25) is 0 Å². The van der Waals surface area contributed by atoms with Crippen molar-refractivity contribution in [2.24, 2.45) is 0 Å². The third-order valence-corrected chi connectivity index (χ3v) is 3.84. The monoisotopic (exact) mass is 303 g/mol. The molecule has 90 valence electrons. The Morgan fingerprint density at radius 2 is 2.25 bits per heavy atom. The highest BCUT2D eigenvalue weighted by molar-refractivity contribution is 9.10. The van der Waals surface area contributed by atoms with Crippen molar-refractivity contribution in [3.63, 3.8) is 0 Å². The Morgan fingerprint density at radius 1 is 1.50 bits per heavy atom. The standard InChI is InChI=1S/C12H18BrNOS/c1-9(5-6-16-2)14-8-10-7-11(15)3-4-12(10)13/h3-4,7,9,14-15H,5-6,8H2,1-2H3. The molecule has 0 aliphatic heterocycles. The maximum atomic E-state index is 9.39. The third kappa shape index (κ3) is 4.76. The Hall–Kier alpha value is -0.190. The van der Waals surface area contributed by atoms with Gasteiger partial charge in [-0.05, 0) is 49.1 Å². The van der Waals surface area contributed by atoms with Gasteiger partial charge in [0.15, 0.2) is 0 Å². The van der Waals surface area contributed by atoms with Crippen LogP contribution in [0.25, 0.3) is 0 Å². The predicted octanol–water partition coefficient (Wildman–Crippen LogP) is 3.39. The van der Waals surface area contributed by atoms with E-state index in [4.69, 9.17) is 0 Å². The molecule has 0 saturated heterocycles. The highest BCUT2D eigenvalue weighted by Gasteiger charge is 2.04.